The SMILES string of the molecule is N#Cc1ncccc1CNCC1CCC(=O)N1. The zero-order chi connectivity index (χ0) is 12.1. The van der Waals surface area contributed by atoms with Crippen molar-refractivity contribution >= 4 is 5.91 Å². The lowest BCUT2D eigenvalue weighted by atomic mass is 10.2. The summed E-state index contributed by atoms with van der Waals surface area (Å²) in [5.41, 5.74) is 1.34. The number of hydrogen-bond donors (Lipinski definition) is 2. The molecule has 5 nitrogen and oxygen atoms in total. The van der Waals surface area contributed by atoms with Crippen molar-refractivity contribution in [3.63, 3.8) is 0 Å². The average Bonchev–Trinajstić information content (AvgIpc) is 2.76. The minimum atomic E-state index is 0.121. The summed E-state index contributed by atoms with van der Waals surface area (Å²) in [6.07, 6.45) is 3.10. The van der Waals surface area contributed by atoms with Crippen molar-refractivity contribution in [3.05, 3.63) is 29.6 Å². The van der Waals surface area contributed by atoms with Crippen LogP contribution < -0.4 is 10.6 Å². The van der Waals surface area contributed by atoms with Gasteiger partial charge in [-0.2, -0.15) is 5.26 Å². The van der Waals surface area contributed by atoms with Crippen molar-refractivity contribution in [1.82, 2.24) is 15.6 Å². The first kappa shape index (κ1) is 11.6. The monoisotopic (exact) mass is 230 g/mol. The number of rotatable bonds is 4. The maximum absolute atomic E-state index is 11.0. The molecule has 0 bridgehead atoms. The van der Waals surface area contributed by atoms with E-state index in [1.807, 2.05) is 12.1 Å². The molecule has 0 aromatic carbocycles. The van der Waals surface area contributed by atoms with E-state index >= 15 is 0 Å². The zero-order valence-electron chi connectivity index (χ0n) is 9.44. The fraction of sp³-hybridized carbons (Fsp3) is 0.417. The van der Waals surface area contributed by atoms with Gasteiger partial charge in [-0.3, -0.25) is 4.79 Å². The second-order valence-electron chi connectivity index (χ2n) is 4.06. The molecule has 0 spiro atoms. The summed E-state index contributed by atoms with van der Waals surface area (Å²) >= 11 is 0. The second kappa shape index (κ2) is 5.41. The lowest BCUT2D eigenvalue weighted by Gasteiger charge is -2.11. The number of aromatic nitrogens is 1. The molecule has 0 aliphatic carbocycles. The van der Waals surface area contributed by atoms with Crippen LogP contribution in [0.15, 0.2) is 18.3 Å². The van der Waals surface area contributed by atoms with E-state index < -0.39 is 0 Å². The molecule has 2 rings (SSSR count). The molecule has 2 heterocycles. The Morgan fingerprint density at radius 2 is 2.53 bits per heavy atom. The summed E-state index contributed by atoms with van der Waals surface area (Å²) in [5, 5.41) is 15.0. The quantitative estimate of drug-likeness (QED) is 0.781. The van der Waals surface area contributed by atoms with Gasteiger partial charge in [-0.1, -0.05) is 6.07 Å². The molecule has 1 aliphatic rings. The van der Waals surface area contributed by atoms with Gasteiger partial charge in [0.1, 0.15) is 11.8 Å². The van der Waals surface area contributed by atoms with Gasteiger partial charge in [0.25, 0.3) is 0 Å². The van der Waals surface area contributed by atoms with Gasteiger partial charge in [0, 0.05) is 37.3 Å². The molecular weight excluding hydrogens is 216 g/mol. The van der Waals surface area contributed by atoms with Crippen molar-refractivity contribution < 1.29 is 4.79 Å². The van der Waals surface area contributed by atoms with Gasteiger partial charge in [-0.25, -0.2) is 4.98 Å². The first-order valence-electron chi connectivity index (χ1n) is 5.63. The van der Waals surface area contributed by atoms with Crippen LogP contribution in [0.3, 0.4) is 0 Å². The number of amides is 1. The number of carbonyl (C=O) groups excluding carboxylic acids is 1. The van der Waals surface area contributed by atoms with E-state index in [0.29, 0.717) is 18.7 Å². The van der Waals surface area contributed by atoms with Gasteiger partial charge in [0.2, 0.25) is 5.91 Å². The van der Waals surface area contributed by atoms with Gasteiger partial charge in [0.05, 0.1) is 0 Å². The predicted molar refractivity (Wildman–Crippen MR) is 61.8 cm³/mol. The first-order valence-corrected chi connectivity index (χ1v) is 5.63. The molecule has 2 N–H and O–H groups in total. The van der Waals surface area contributed by atoms with Gasteiger partial charge in [-0.15, -0.1) is 0 Å². The van der Waals surface area contributed by atoms with E-state index in [0.717, 1.165) is 18.5 Å². The summed E-state index contributed by atoms with van der Waals surface area (Å²) in [5.74, 6) is 0.121. The summed E-state index contributed by atoms with van der Waals surface area (Å²) in [6.45, 7) is 1.33. The molecule has 1 unspecified atom stereocenters. The van der Waals surface area contributed by atoms with E-state index in [2.05, 4.69) is 21.7 Å². The van der Waals surface area contributed by atoms with Crippen molar-refractivity contribution in [2.75, 3.05) is 6.54 Å². The van der Waals surface area contributed by atoms with Crippen LogP contribution in [0.4, 0.5) is 0 Å². The molecule has 1 fully saturated rings. The molecule has 17 heavy (non-hydrogen) atoms. The Labute approximate surface area is 99.9 Å². The van der Waals surface area contributed by atoms with Gasteiger partial charge in [-0.05, 0) is 12.5 Å². The highest BCUT2D eigenvalue weighted by molar-refractivity contribution is 5.78. The molecule has 88 valence electrons. The van der Waals surface area contributed by atoms with Crippen LogP contribution in [0.1, 0.15) is 24.1 Å². The highest BCUT2D eigenvalue weighted by Crippen LogP contribution is 2.06. The number of carbonyl (C=O) groups is 1. The Morgan fingerprint density at radius 3 is 3.24 bits per heavy atom. The van der Waals surface area contributed by atoms with Crippen LogP contribution in [0.25, 0.3) is 0 Å². The lowest BCUT2D eigenvalue weighted by Crippen LogP contribution is -2.35. The Balaban J connectivity index is 1.82. The number of nitriles is 1. The van der Waals surface area contributed by atoms with E-state index in [9.17, 15) is 4.79 Å². The van der Waals surface area contributed by atoms with Gasteiger partial charge < -0.3 is 10.6 Å². The van der Waals surface area contributed by atoms with E-state index in [-0.39, 0.29) is 11.9 Å². The van der Waals surface area contributed by atoms with Crippen molar-refractivity contribution in [3.8, 4) is 6.07 Å². The highest BCUT2D eigenvalue weighted by atomic mass is 16.1. The second-order valence-corrected chi connectivity index (χ2v) is 4.06. The average molecular weight is 230 g/mol. The maximum atomic E-state index is 11.0. The molecule has 0 radical (unpaired) electrons. The van der Waals surface area contributed by atoms with Crippen molar-refractivity contribution in [2.45, 2.75) is 25.4 Å². The summed E-state index contributed by atoms with van der Waals surface area (Å²) < 4.78 is 0. The maximum Gasteiger partial charge on any atom is 0.220 e. The molecule has 5 heteroatoms. The largest absolute Gasteiger partial charge is 0.352 e. The van der Waals surface area contributed by atoms with Gasteiger partial charge >= 0.3 is 0 Å². The standard InChI is InChI=1S/C12H14N4O/c13-6-11-9(2-1-5-15-11)7-14-8-10-3-4-12(17)16-10/h1-2,5,10,14H,3-4,7-8H2,(H,16,17). The van der Waals surface area contributed by atoms with Crippen molar-refractivity contribution in [2.24, 2.45) is 0 Å². The lowest BCUT2D eigenvalue weighted by molar-refractivity contribution is -0.119. The molecule has 1 aromatic heterocycles. The number of nitrogens with zero attached hydrogens (tertiary/aromatic N) is 2. The topological polar surface area (TPSA) is 77.8 Å². The highest BCUT2D eigenvalue weighted by Gasteiger charge is 2.19. The van der Waals surface area contributed by atoms with Gasteiger partial charge in [0.15, 0.2) is 0 Å². The summed E-state index contributed by atoms with van der Waals surface area (Å²) in [4.78, 5) is 15.0. The Bertz CT molecular complexity index is 452. The zero-order valence-corrected chi connectivity index (χ0v) is 9.44. The Morgan fingerprint density at radius 1 is 1.65 bits per heavy atom. The van der Waals surface area contributed by atoms with E-state index in [1.165, 1.54) is 0 Å². The minimum Gasteiger partial charge on any atom is -0.352 e. The predicted octanol–water partition coefficient (Wildman–Crippen LogP) is 0.321. The molecular formula is C12H14N4O. The minimum absolute atomic E-state index is 0.121. The van der Waals surface area contributed by atoms with Crippen LogP contribution in [0.2, 0.25) is 0 Å². The number of pyridine rings is 1. The fourth-order valence-corrected chi connectivity index (χ4v) is 1.89. The van der Waals surface area contributed by atoms with Crippen molar-refractivity contribution in [1.29, 1.82) is 5.26 Å². The normalized spacial score (nSPS) is 18.8. The smallest absolute Gasteiger partial charge is 0.220 e. The molecule has 1 aliphatic heterocycles. The third-order valence-corrected chi connectivity index (χ3v) is 2.79. The molecule has 1 amide bonds. The number of nitrogens with one attached hydrogen (secondary N) is 2. The Kier molecular flexibility index (Phi) is 3.68. The molecule has 1 atom stereocenters. The third-order valence-electron chi connectivity index (χ3n) is 2.79. The molecule has 1 aromatic rings. The first-order chi connectivity index (χ1) is 8.29. The van der Waals surface area contributed by atoms with Crippen LogP contribution in [-0.4, -0.2) is 23.5 Å². The fourth-order valence-electron chi connectivity index (χ4n) is 1.89. The summed E-state index contributed by atoms with van der Waals surface area (Å²) in [7, 11) is 0. The third kappa shape index (κ3) is 3.02. The van der Waals surface area contributed by atoms with Crippen LogP contribution in [0.5, 0.6) is 0 Å². The van der Waals surface area contributed by atoms with Crippen LogP contribution in [0, 0.1) is 11.3 Å². The Hall–Kier alpha value is -1.93. The van der Waals surface area contributed by atoms with E-state index in [4.69, 9.17) is 5.26 Å². The van der Waals surface area contributed by atoms with Crippen LogP contribution in [-0.2, 0) is 11.3 Å². The molecule has 1 saturated heterocycles. The number of hydrogen-bond acceptors (Lipinski definition) is 4. The van der Waals surface area contributed by atoms with E-state index in [1.54, 1.807) is 6.20 Å². The summed E-state index contributed by atoms with van der Waals surface area (Å²) in [6, 6.07) is 5.97. The van der Waals surface area contributed by atoms with Crippen LogP contribution >= 0.6 is 0 Å². The molecule has 0 saturated carbocycles.